The van der Waals surface area contributed by atoms with Gasteiger partial charge in [0.2, 0.25) is 0 Å². The summed E-state index contributed by atoms with van der Waals surface area (Å²) in [6.07, 6.45) is 1.66. The van der Waals surface area contributed by atoms with Crippen molar-refractivity contribution in [3.8, 4) is 0 Å². The van der Waals surface area contributed by atoms with Gasteiger partial charge in [-0.2, -0.15) is 0 Å². The largest absolute Gasteiger partial charge is 0.492 e. The molecule has 0 spiro atoms. The second-order valence-corrected chi connectivity index (χ2v) is 7.26. The number of benzene rings is 1. The molecule has 2 heterocycles. The van der Waals surface area contributed by atoms with Crippen LogP contribution in [0.15, 0.2) is 48.4 Å². The lowest BCUT2D eigenvalue weighted by molar-refractivity contribution is 0.0594. The van der Waals surface area contributed by atoms with Crippen molar-refractivity contribution in [3.05, 3.63) is 70.9 Å². The van der Waals surface area contributed by atoms with E-state index in [4.69, 9.17) is 14.2 Å². The number of allylic oxidation sites excluding steroid dienone is 1. The van der Waals surface area contributed by atoms with Crippen molar-refractivity contribution in [2.45, 2.75) is 31.4 Å². The van der Waals surface area contributed by atoms with Gasteiger partial charge in [0.15, 0.2) is 5.78 Å². The van der Waals surface area contributed by atoms with E-state index in [-0.39, 0.29) is 23.8 Å². The maximum absolute atomic E-state index is 12.7. The van der Waals surface area contributed by atoms with Gasteiger partial charge in [0.25, 0.3) is 0 Å². The minimum atomic E-state index is -0.564. The lowest BCUT2D eigenvalue weighted by atomic mass is 9.77. The number of carbonyl (C=O) groups is 3. The van der Waals surface area contributed by atoms with Crippen molar-refractivity contribution in [2.75, 3.05) is 14.2 Å². The van der Waals surface area contributed by atoms with Gasteiger partial charge in [-0.05, 0) is 17.2 Å². The van der Waals surface area contributed by atoms with Crippen molar-refractivity contribution in [3.63, 3.8) is 0 Å². The summed E-state index contributed by atoms with van der Waals surface area (Å²) in [5, 5.41) is 0. The standard InChI is InChI=1S/C22H22N2O6/c1-28-21(26)17-9-16-15-8-14(30-12-13-6-4-3-5-7-13)11-24(22(27)29-2)18(15)10-19(25)20(16)23-17/h3-7,9,11,15,18,23H,8,10,12H2,1-2H3/t15-,18+/m1/s1. The van der Waals surface area contributed by atoms with E-state index < -0.39 is 18.1 Å². The molecule has 1 aliphatic heterocycles. The molecule has 1 aromatic carbocycles. The zero-order valence-electron chi connectivity index (χ0n) is 16.7. The Hall–Kier alpha value is -3.55. The fourth-order valence-corrected chi connectivity index (χ4v) is 4.05. The lowest BCUT2D eigenvalue weighted by Gasteiger charge is -2.40. The molecule has 0 saturated carbocycles. The van der Waals surface area contributed by atoms with Gasteiger partial charge in [-0.15, -0.1) is 0 Å². The normalized spacial score (nSPS) is 20.0. The topological polar surface area (TPSA) is 97.9 Å². The first kappa shape index (κ1) is 19.8. The molecule has 2 atom stereocenters. The highest BCUT2D eigenvalue weighted by Gasteiger charge is 2.44. The number of nitrogens with one attached hydrogen (secondary N) is 1. The van der Waals surface area contributed by atoms with E-state index >= 15 is 0 Å². The maximum atomic E-state index is 12.7. The monoisotopic (exact) mass is 410 g/mol. The fourth-order valence-electron chi connectivity index (χ4n) is 4.05. The van der Waals surface area contributed by atoms with E-state index in [1.165, 1.54) is 19.1 Å². The van der Waals surface area contributed by atoms with Crippen LogP contribution in [0.1, 0.15) is 50.9 Å². The molecule has 0 saturated heterocycles. The number of Topliss-reactive ketones (excluding diaryl/α,β-unsaturated/α-hetero) is 1. The molecule has 30 heavy (non-hydrogen) atoms. The van der Waals surface area contributed by atoms with Crippen LogP contribution in [0.4, 0.5) is 4.79 Å². The number of methoxy groups -OCH3 is 2. The Morgan fingerprint density at radius 3 is 2.60 bits per heavy atom. The molecule has 0 fully saturated rings. The smallest absolute Gasteiger partial charge is 0.413 e. The number of esters is 1. The number of hydrogen-bond acceptors (Lipinski definition) is 6. The summed E-state index contributed by atoms with van der Waals surface area (Å²) in [6, 6.07) is 10.9. The van der Waals surface area contributed by atoms with Crippen LogP contribution in [0, 0.1) is 0 Å². The summed E-state index contributed by atoms with van der Waals surface area (Å²) >= 11 is 0. The van der Waals surface area contributed by atoms with Gasteiger partial charge < -0.3 is 19.2 Å². The first-order chi connectivity index (χ1) is 14.5. The van der Waals surface area contributed by atoms with Gasteiger partial charge in [0, 0.05) is 25.0 Å². The minimum absolute atomic E-state index is 0.121. The number of amides is 1. The van der Waals surface area contributed by atoms with Crippen LogP contribution >= 0.6 is 0 Å². The Bertz CT molecular complexity index is 1010. The van der Waals surface area contributed by atoms with E-state index in [1.807, 2.05) is 30.3 Å². The Kier molecular flexibility index (Phi) is 5.31. The maximum Gasteiger partial charge on any atom is 0.413 e. The van der Waals surface area contributed by atoms with Crippen molar-refractivity contribution >= 4 is 17.8 Å². The van der Waals surface area contributed by atoms with Crippen molar-refractivity contribution < 1.29 is 28.6 Å². The van der Waals surface area contributed by atoms with Crippen LogP contribution < -0.4 is 0 Å². The fraction of sp³-hybridized carbons (Fsp3) is 0.318. The summed E-state index contributed by atoms with van der Waals surface area (Å²) in [4.78, 5) is 41.4. The van der Waals surface area contributed by atoms with Crippen molar-refractivity contribution in [1.29, 1.82) is 0 Å². The predicted octanol–water partition coefficient (Wildman–Crippen LogP) is 3.37. The van der Waals surface area contributed by atoms with Crippen LogP contribution in [-0.2, 0) is 20.8 Å². The summed E-state index contributed by atoms with van der Waals surface area (Å²) in [7, 11) is 2.58. The van der Waals surface area contributed by atoms with Crippen LogP contribution in [0.3, 0.4) is 0 Å². The molecule has 0 bridgehead atoms. The molecule has 2 aromatic rings. The number of hydrogen-bond donors (Lipinski definition) is 1. The third-order valence-electron chi connectivity index (χ3n) is 5.50. The van der Waals surface area contributed by atoms with Crippen LogP contribution in [-0.4, -0.2) is 48.0 Å². The van der Waals surface area contributed by atoms with E-state index in [1.54, 1.807) is 12.3 Å². The molecule has 8 nitrogen and oxygen atoms in total. The van der Waals surface area contributed by atoms with Crippen molar-refractivity contribution in [1.82, 2.24) is 9.88 Å². The van der Waals surface area contributed by atoms with Crippen LogP contribution in [0.5, 0.6) is 0 Å². The number of carbonyl (C=O) groups excluding carboxylic acids is 3. The zero-order chi connectivity index (χ0) is 21.3. The van der Waals surface area contributed by atoms with Gasteiger partial charge >= 0.3 is 12.1 Å². The molecule has 2 aliphatic rings. The number of nitrogens with zero attached hydrogens (tertiary/aromatic N) is 1. The number of fused-ring (bicyclic) bond motifs is 3. The second kappa shape index (κ2) is 8.06. The summed E-state index contributed by atoms with van der Waals surface area (Å²) in [5.41, 5.74) is 2.27. The summed E-state index contributed by atoms with van der Waals surface area (Å²) in [6.45, 7) is 0.353. The summed E-state index contributed by atoms with van der Waals surface area (Å²) < 4.78 is 15.7. The van der Waals surface area contributed by atoms with Crippen molar-refractivity contribution in [2.24, 2.45) is 0 Å². The molecule has 0 radical (unpaired) electrons. The quantitative estimate of drug-likeness (QED) is 0.776. The van der Waals surface area contributed by atoms with E-state index in [0.717, 1.165) is 5.56 Å². The third kappa shape index (κ3) is 3.56. The van der Waals surface area contributed by atoms with E-state index in [2.05, 4.69) is 4.98 Å². The van der Waals surface area contributed by atoms with E-state index in [0.29, 0.717) is 30.0 Å². The first-order valence-electron chi connectivity index (χ1n) is 9.60. The average molecular weight is 410 g/mol. The number of ketones is 1. The Morgan fingerprint density at radius 1 is 1.13 bits per heavy atom. The van der Waals surface area contributed by atoms with Gasteiger partial charge in [-0.3, -0.25) is 9.69 Å². The minimum Gasteiger partial charge on any atom is -0.492 e. The van der Waals surface area contributed by atoms with Crippen LogP contribution in [0.2, 0.25) is 0 Å². The highest BCUT2D eigenvalue weighted by atomic mass is 16.5. The Labute approximate surface area is 173 Å². The SMILES string of the molecule is COC(=O)c1cc2c([nH]1)C(=O)C[C@H]1[C@@H]2CC(OCc2ccccc2)=CN1C(=O)OC. The molecule has 1 aromatic heterocycles. The van der Waals surface area contributed by atoms with Gasteiger partial charge in [0.05, 0.1) is 26.0 Å². The van der Waals surface area contributed by atoms with Gasteiger partial charge in [0.1, 0.15) is 18.1 Å². The molecule has 1 aliphatic carbocycles. The Balaban J connectivity index is 1.66. The zero-order valence-corrected chi connectivity index (χ0v) is 16.7. The molecule has 1 N–H and O–H groups in total. The van der Waals surface area contributed by atoms with Crippen LogP contribution in [0.25, 0.3) is 0 Å². The number of aromatic nitrogens is 1. The number of aromatic amines is 1. The molecular formula is C22H22N2O6. The lowest BCUT2D eigenvalue weighted by Crippen LogP contribution is -2.46. The first-order valence-corrected chi connectivity index (χ1v) is 9.60. The molecule has 1 amide bonds. The predicted molar refractivity (Wildman–Crippen MR) is 106 cm³/mol. The van der Waals surface area contributed by atoms with Gasteiger partial charge in [-0.1, -0.05) is 30.3 Å². The summed E-state index contributed by atoms with van der Waals surface area (Å²) in [5.74, 6) is -0.336. The third-order valence-corrected chi connectivity index (χ3v) is 5.50. The highest BCUT2D eigenvalue weighted by molar-refractivity contribution is 6.00. The second-order valence-electron chi connectivity index (χ2n) is 7.26. The molecule has 156 valence electrons. The van der Waals surface area contributed by atoms with E-state index in [9.17, 15) is 14.4 Å². The Morgan fingerprint density at radius 2 is 1.90 bits per heavy atom. The molecule has 0 unspecified atom stereocenters. The molecule has 8 heteroatoms. The number of rotatable bonds is 4. The molecule has 4 rings (SSSR count). The van der Waals surface area contributed by atoms with Gasteiger partial charge in [-0.25, -0.2) is 9.59 Å². The number of ether oxygens (including phenoxy) is 3. The average Bonchev–Trinajstić information content (AvgIpc) is 3.24. The number of H-pyrrole nitrogens is 1. The molecular weight excluding hydrogens is 388 g/mol. The highest BCUT2D eigenvalue weighted by Crippen LogP contribution is 2.43.